The van der Waals surface area contributed by atoms with E-state index in [9.17, 15) is 4.79 Å². The molecule has 1 saturated heterocycles. The number of pyridine rings is 1. The number of amides is 1. The van der Waals surface area contributed by atoms with Crippen molar-refractivity contribution in [3.8, 4) is 11.5 Å². The van der Waals surface area contributed by atoms with Gasteiger partial charge < -0.3 is 18.8 Å². The van der Waals surface area contributed by atoms with E-state index < -0.39 is 0 Å². The Kier molecular flexibility index (Phi) is 3.98. The molecule has 0 bridgehead atoms. The highest BCUT2D eigenvalue weighted by atomic mass is 16.7. The van der Waals surface area contributed by atoms with Gasteiger partial charge in [0.2, 0.25) is 6.79 Å². The summed E-state index contributed by atoms with van der Waals surface area (Å²) < 4.78 is 12.8. The Bertz CT molecular complexity index is 989. The molecule has 4 heterocycles. The molecule has 0 spiro atoms. The highest BCUT2D eigenvalue weighted by Gasteiger charge is 2.24. The van der Waals surface area contributed by atoms with Gasteiger partial charge in [0.25, 0.3) is 5.91 Å². The summed E-state index contributed by atoms with van der Waals surface area (Å²) in [7, 11) is 0. The molecule has 27 heavy (non-hydrogen) atoms. The molecule has 2 aliphatic rings. The fourth-order valence-electron chi connectivity index (χ4n) is 3.80. The Morgan fingerprint density at radius 3 is 2.67 bits per heavy atom. The van der Waals surface area contributed by atoms with Gasteiger partial charge in [0.15, 0.2) is 11.5 Å². The van der Waals surface area contributed by atoms with Crippen LogP contribution in [-0.2, 0) is 6.54 Å². The Hall–Kier alpha value is -2.99. The molecule has 3 aromatic rings. The molecular formula is C21H21N3O3. The van der Waals surface area contributed by atoms with Crippen molar-refractivity contribution in [1.82, 2.24) is 14.2 Å². The predicted octanol–water partition coefficient (Wildman–Crippen LogP) is 2.63. The van der Waals surface area contributed by atoms with E-state index in [0.29, 0.717) is 6.79 Å². The molecule has 0 N–H and O–H groups in total. The van der Waals surface area contributed by atoms with Crippen LogP contribution in [0.1, 0.15) is 16.1 Å². The molecule has 0 radical (unpaired) electrons. The lowest BCUT2D eigenvalue weighted by atomic mass is 10.1. The van der Waals surface area contributed by atoms with E-state index in [-0.39, 0.29) is 5.91 Å². The molecule has 6 nitrogen and oxygen atoms in total. The van der Waals surface area contributed by atoms with Crippen LogP contribution in [0.15, 0.2) is 54.7 Å². The lowest BCUT2D eigenvalue weighted by Gasteiger charge is -2.34. The summed E-state index contributed by atoms with van der Waals surface area (Å²) in [4.78, 5) is 17.2. The Morgan fingerprint density at radius 1 is 0.926 bits per heavy atom. The van der Waals surface area contributed by atoms with Crippen LogP contribution in [-0.4, -0.2) is 53.1 Å². The first-order valence-electron chi connectivity index (χ1n) is 9.24. The number of hydrogen-bond donors (Lipinski definition) is 0. The van der Waals surface area contributed by atoms with Crippen LogP contribution < -0.4 is 9.47 Å². The Balaban J connectivity index is 1.23. The predicted molar refractivity (Wildman–Crippen MR) is 101 cm³/mol. The number of aromatic nitrogens is 1. The maximum Gasteiger partial charge on any atom is 0.270 e. The van der Waals surface area contributed by atoms with Crippen LogP contribution in [0.5, 0.6) is 11.5 Å². The Labute approximate surface area is 157 Å². The number of carbonyl (C=O) groups is 1. The number of benzene rings is 1. The minimum Gasteiger partial charge on any atom is -0.454 e. The summed E-state index contributed by atoms with van der Waals surface area (Å²) in [5.74, 6) is 1.74. The van der Waals surface area contributed by atoms with Crippen LogP contribution in [0.4, 0.5) is 0 Å². The van der Waals surface area contributed by atoms with E-state index in [1.165, 1.54) is 5.56 Å². The maximum absolute atomic E-state index is 12.9. The molecule has 0 aliphatic carbocycles. The lowest BCUT2D eigenvalue weighted by Crippen LogP contribution is -2.48. The molecule has 0 saturated carbocycles. The number of carbonyl (C=O) groups excluding carboxylic acids is 1. The zero-order chi connectivity index (χ0) is 18.2. The minimum atomic E-state index is 0.101. The van der Waals surface area contributed by atoms with Gasteiger partial charge in [0.1, 0.15) is 5.69 Å². The van der Waals surface area contributed by atoms with Crippen LogP contribution in [0.25, 0.3) is 5.52 Å². The average Bonchev–Trinajstić information content (AvgIpc) is 3.34. The maximum atomic E-state index is 12.9. The molecule has 0 atom stereocenters. The summed E-state index contributed by atoms with van der Waals surface area (Å²) in [6, 6.07) is 15.9. The second kappa shape index (κ2) is 6.63. The zero-order valence-electron chi connectivity index (χ0n) is 15.0. The number of fused-ring (bicyclic) bond motifs is 2. The number of piperazine rings is 1. The zero-order valence-corrected chi connectivity index (χ0v) is 15.0. The van der Waals surface area contributed by atoms with Crippen molar-refractivity contribution in [3.05, 3.63) is 66.0 Å². The SMILES string of the molecule is O=C(c1ccc2ccccn12)N1CCN(Cc2ccc3c(c2)OCO3)CC1. The van der Waals surface area contributed by atoms with E-state index in [4.69, 9.17) is 9.47 Å². The molecule has 0 unspecified atom stereocenters. The van der Waals surface area contributed by atoms with Crippen molar-refractivity contribution in [2.24, 2.45) is 0 Å². The molecule has 6 heteroatoms. The van der Waals surface area contributed by atoms with Gasteiger partial charge in [-0.25, -0.2) is 0 Å². The molecule has 138 valence electrons. The van der Waals surface area contributed by atoms with Crippen LogP contribution in [0, 0.1) is 0 Å². The highest BCUT2D eigenvalue weighted by molar-refractivity contribution is 5.94. The Morgan fingerprint density at radius 2 is 1.78 bits per heavy atom. The third-order valence-corrected chi connectivity index (χ3v) is 5.28. The van der Waals surface area contributed by atoms with E-state index in [1.54, 1.807) is 0 Å². The molecule has 2 aromatic heterocycles. The monoisotopic (exact) mass is 363 g/mol. The van der Waals surface area contributed by atoms with E-state index in [1.807, 2.05) is 58.0 Å². The van der Waals surface area contributed by atoms with Gasteiger partial charge in [-0.1, -0.05) is 12.1 Å². The van der Waals surface area contributed by atoms with Crippen molar-refractivity contribution >= 4 is 11.4 Å². The number of ether oxygens (including phenoxy) is 2. The van der Waals surface area contributed by atoms with Crippen molar-refractivity contribution in [1.29, 1.82) is 0 Å². The smallest absolute Gasteiger partial charge is 0.270 e. The second-order valence-electron chi connectivity index (χ2n) is 6.97. The van der Waals surface area contributed by atoms with Crippen LogP contribution >= 0.6 is 0 Å². The molecule has 1 aromatic carbocycles. The fraction of sp³-hybridized carbons (Fsp3) is 0.286. The summed E-state index contributed by atoms with van der Waals surface area (Å²) in [5, 5.41) is 0. The fourth-order valence-corrected chi connectivity index (χ4v) is 3.80. The van der Waals surface area contributed by atoms with Gasteiger partial charge in [-0.15, -0.1) is 0 Å². The number of rotatable bonds is 3. The van der Waals surface area contributed by atoms with E-state index >= 15 is 0 Å². The topological polar surface area (TPSA) is 46.4 Å². The summed E-state index contributed by atoms with van der Waals surface area (Å²) in [5.41, 5.74) is 2.98. The van der Waals surface area contributed by atoms with Gasteiger partial charge in [0, 0.05) is 44.4 Å². The van der Waals surface area contributed by atoms with Gasteiger partial charge in [0.05, 0.1) is 0 Å². The normalized spacial score (nSPS) is 16.8. The standard InChI is InChI=1S/C21H21N3O3/c25-21(18-6-5-17-3-1-2-8-24(17)18)23-11-9-22(10-12-23)14-16-4-7-19-20(13-16)27-15-26-19/h1-8,13H,9-12,14-15H2. The van der Waals surface area contributed by atoms with Gasteiger partial charge >= 0.3 is 0 Å². The van der Waals surface area contributed by atoms with Crippen molar-refractivity contribution in [2.45, 2.75) is 6.54 Å². The van der Waals surface area contributed by atoms with E-state index in [2.05, 4.69) is 11.0 Å². The van der Waals surface area contributed by atoms with Crippen LogP contribution in [0.2, 0.25) is 0 Å². The van der Waals surface area contributed by atoms with Gasteiger partial charge in [-0.3, -0.25) is 9.69 Å². The molecule has 1 amide bonds. The van der Waals surface area contributed by atoms with Gasteiger partial charge in [-0.05, 0) is 42.0 Å². The van der Waals surface area contributed by atoms with Crippen molar-refractivity contribution in [3.63, 3.8) is 0 Å². The first kappa shape index (κ1) is 16.2. The molecular weight excluding hydrogens is 342 g/mol. The van der Waals surface area contributed by atoms with Crippen molar-refractivity contribution in [2.75, 3.05) is 33.0 Å². The second-order valence-corrected chi connectivity index (χ2v) is 6.97. The van der Waals surface area contributed by atoms with Gasteiger partial charge in [-0.2, -0.15) is 0 Å². The third kappa shape index (κ3) is 3.02. The van der Waals surface area contributed by atoms with E-state index in [0.717, 1.165) is 55.4 Å². The average molecular weight is 363 g/mol. The first-order chi connectivity index (χ1) is 13.3. The van der Waals surface area contributed by atoms with Crippen molar-refractivity contribution < 1.29 is 14.3 Å². The number of nitrogens with zero attached hydrogens (tertiary/aromatic N) is 3. The largest absolute Gasteiger partial charge is 0.454 e. The first-order valence-corrected chi connectivity index (χ1v) is 9.24. The highest BCUT2D eigenvalue weighted by Crippen LogP contribution is 2.32. The molecule has 5 rings (SSSR count). The number of hydrogen-bond acceptors (Lipinski definition) is 4. The minimum absolute atomic E-state index is 0.101. The lowest BCUT2D eigenvalue weighted by molar-refractivity contribution is 0.0622. The quantitative estimate of drug-likeness (QED) is 0.718. The van der Waals surface area contributed by atoms with Crippen LogP contribution in [0.3, 0.4) is 0 Å². The molecule has 1 fully saturated rings. The molecule has 2 aliphatic heterocycles. The summed E-state index contributed by atoms with van der Waals surface area (Å²) in [6.07, 6.45) is 1.94. The third-order valence-electron chi connectivity index (χ3n) is 5.28. The summed E-state index contributed by atoms with van der Waals surface area (Å²) in [6.45, 7) is 4.36. The summed E-state index contributed by atoms with van der Waals surface area (Å²) >= 11 is 0.